The van der Waals surface area contributed by atoms with Gasteiger partial charge >= 0.3 is 0 Å². The molecule has 1 fully saturated rings. The lowest BCUT2D eigenvalue weighted by atomic mass is 10.1. The van der Waals surface area contributed by atoms with Crippen LogP contribution in [-0.4, -0.2) is 35.7 Å². The molecule has 0 bridgehead atoms. The van der Waals surface area contributed by atoms with Crippen LogP contribution in [0.5, 0.6) is 11.5 Å². The molecule has 0 aromatic heterocycles. The molecule has 0 radical (unpaired) electrons. The number of benzene rings is 2. The van der Waals surface area contributed by atoms with Crippen molar-refractivity contribution in [3.63, 3.8) is 0 Å². The zero-order valence-electron chi connectivity index (χ0n) is 16.0. The molecule has 0 aliphatic carbocycles. The number of rotatable bonds is 6. The summed E-state index contributed by atoms with van der Waals surface area (Å²) in [6.07, 6.45) is 3.58. The molecule has 0 amide bonds. The average molecular weight is 391 g/mol. The van der Waals surface area contributed by atoms with Crippen molar-refractivity contribution in [2.24, 2.45) is 0 Å². The second kappa shape index (κ2) is 8.08. The number of ether oxygens (including phenoxy) is 2. The first-order valence-electron chi connectivity index (χ1n) is 9.05. The minimum Gasteiger partial charge on any atom is -0.497 e. The second-order valence-electron chi connectivity index (χ2n) is 6.67. The van der Waals surface area contributed by atoms with Crippen molar-refractivity contribution in [3.8, 4) is 11.5 Å². The monoisotopic (exact) mass is 390 g/mol. The summed E-state index contributed by atoms with van der Waals surface area (Å²) in [5.41, 5.74) is 2.49. The zero-order valence-corrected chi connectivity index (χ0v) is 16.8. The van der Waals surface area contributed by atoms with Crippen molar-refractivity contribution in [1.29, 1.82) is 0 Å². The second-order valence-corrected chi connectivity index (χ2v) is 8.32. The minimum atomic E-state index is -3.80. The Labute approximate surface area is 161 Å². The van der Waals surface area contributed by atoms with Crippen LogP contribution in [0.1, 0.15) is 24.8 Å². The third kappa shape index (κ3) is 4.30. The van der Waals surface area contributed by atoms with E-state index in [9.17, 15) is 8.42 Å². The number of hydrogen-bond donors (Lipinski definition) is 1. The lowest BCUT2D eigenvalue weighted by Crippen LogP contribution is -2.29. The van der Waals surface area contributed by atoms with E-state index in [2.05, 4.69) is 9.62 Å². The number of nitrogens with one attached hydrogen (secondary N) is 1. The van der Waals surface area contributed by atoms with Crippen LogP contribution >= 0.6 is 0 Å². The first kappa shape index (κ1) is 19.4. The number of anilines is 2. The smallest absolute Gasteiger partial charge is 0.265 e. The molecule has 27 heavy (non-hydrogen) atoms. The maximum Gasteiger partial charge on any atom is 0.265 e. The minimum absolute atomic E-state index is 0.0774. The molecule has 1 aliphatic rings. The predicted molar refractivity (Wildman–Crippen MR) is 108 cm³/mol. The molecule has 2 aromatic rings. The number of nitrogens with zero attached hydrogens (tertiary/aromatic N) is 1. The molecular formula is C20H26N2O4S. The lowest BCUT2D eigenvalue weighted by Gasteiger charge is -2.29. The van der Waals surface area contributed by atoms with E-state index in [1.807, 2.05) is 25.1 Å². The maximum absolute atomic E-state index is 13.0. The van der Waals surface area contributed by atoms with Crippen LogP contribution in [0.4, 0.5) is 11.4 Å². The number of methoxy groups -OCH3 is 2. The Morgan fingerprint density at radius 2 is 1.70 bits per heavy atom. The molecule has 1 heterocycles. The molecular weight excluding hydrogens is 364 g/mol. The summed E-state index contributed by atoms with van der Waals surface area (Å²) in [5.74, 6) is 0.778. The fourth-order valence-electron chi connectivity index (χ4n) is 3.27. The molecule has 1 aliphatic heterocycles. The van der Waals surface area contributed by atoms with E-state index in [0.29, 0.717) is 11.4 Å². The van der Waals surface area contributed by atoms with Crippen LogP contribution in [0.3, 0.4) is 0 Å². The Hall–Kier alpha value is -2.41. The van der Waals surface area contributed by atoms with Gasteiger partial charge < -0.3 is 14.4 Å². The zero-order chi connectivity index (χ0) is 19.4. The highest BCUT2D eigenvalue weighted by Gasteiger charge is 2.22. The molecule has 3 rings (SSSR count). The Morgan fingerprint density at radius 1 is 0.963 bits per heavy atom. The predicted octanol–water partition coefficient (Wildman–Crippen LogP) is 3.80. The summed E-state index contributed by atoms with van der Waals surface area (Å²) in [4.78, 5) is 2.38. The normalized spacial score (nSPS) is 14.7. The van der Waals surface area contributed by atoms with Gasteiger partial charge in [0.05, 0.1) is 19.9 Å². The van der Waals surface area contributed by atoms with Gasteiger partial charge in [0.1, 0.15) is 16.4 Å². The Morgan fingerprint density at radius 3 is 2.37 bits per heavy atom. The highest BCUT2D eigenvalue weighted by atomic mass is 32.2. The molecule has 1 saturated heterocycles. The number of sulfonamides is 1. The topological polar surface area (TPSA) is 67.9 Å². The SMILES string of the molecule is COc1ccc(S(=O)(=O)Nc2cc(N3CCCCC3)ccc2C)c(OC)c1. The number of hydrogen-bond acceptors (Lipinski definition) is 5. The molecule has 1 N–H and O–H groups in total. The summed E-state index contributed by atoms with van der Waals surface area (Å²) in [7, 11) is -0.835. The van der Waals surface area contributed by atoms with Gasteiger partial charge in [-0.05, 0) is 56.0 Å². The average Bonchev–Trinajstić information content (AvgIpc) is 2.69. The lowest BCUT2D eigenvalue weighted by molar-refractivity contribution is 0.386. The van der Waals surface area contributed by atoms with Gasteiger partial charge in [0.2, 0.25) is 0 Å². The van der Waals surface area contributed by atoms with Gasteiger partial charge in [-0.3, -0.25) is 4.72 Å². The van der Waals surface area contributed by atoms with E-state index in [4.69, 9.17) is 9.47 Å². The first-order valence-corrected chi connectivity index (χ1v) is 10.5. The van der Waals surface area contributed by atoms with Gasteiger partial charge in [-0.25, -0.2) is 8.42 Å². The number of piperidine rings is 1. The van der Waals surface area contributed by atoms with Gasteiger partial charge in [-0.15, -0.1) is 0 Å². The van der Waals surface area contributed by atoms with Gasteiger partial charge in [0.25, 0.3) is 10.0 Å². The fraction of sp³-hybridized carbons (Fsp3) is 0.400. The van der Waals surface area contributed by atoms with E-state index in [-0.39, 0.29) is 10.6 Å². The van der Waals surface area contributed by atoms with E-state index < -0.39 is 10.0 Å². The molecule has 146 valence electrons. The highest BCUT2D eigenvalue weighted by Crippen LogP contribution is 2.32. The molecule has 2 aromatic carbocycles. The Balaban J connectivity index is 1.91. The van der Waals surface area contributed by atoms with Crippen molar-refractivity contribution in [2.75, 3.05) is 36.9 Å². The van der Waals surface area contributed by atoms with Crippen LogP contribution in [0.15, 0.2) is 41.3 Å². The van der Waals surface area contributed by atoms with Gasteiger partial charge in [0.15, 0.2) is 0 Å². The largest absolute Gasteiger partial charge is 0.497 e. The van der Waals surface area contributed by atoms with Gasteiger partial charge in [0, 0.05) is 24.8 Å². The molecule has 0 saturated carbocycles. The van der Waals surface area contributed by atoms with Crippen molar-refractivity contribution >= 4 is 21.4 Å². The summed E-state index contributed by atoms with van der Waals surface area (Å²) < 4.78 is 39.1. The van der Waals surface area contributed by atoms with Crippen molar-refractivity contribution in [2.45, 2.75) is 31.1 Å². The van der Waals surface area contributed by atoms with Crippen molar-refractivity contribution < 1.29 is 17.9 Å². The Bertz CT molecular complexity index is 906. The summed E-state index contributed by atoms with van der Waals surface area (Å²) in [6.45, 7) is 3.90. The first-order chi connectivity index (χ1) is 12.9. The molecule has 6 nitrogen and oxygen atoms in total. The molecule has 0 spiro atoms. The van der Waals surface area contributed by atoms with Crippen LogP contribution in [0, 0.1) is 6.92 Å². The van der Waals surface area contributed by atoms with E-state index in [1.165, 1.54) is 26.7 Å². The maximum atomic E-state index is 13.0. The summed E-state index contributed by atoms with van der Waals surface area (Å²) in [5, 5.41) is 0. The molecule has 0 atom stereocenters. The quantitative estimate of drug-likeness (QED) is 0.812. The number of aryl methyl sites for hydroxylation is 1. The summed E-state index contributed by atoms with van der Waals surface area (Å²) >= 11 is 0. The third-order valence-electron chi connectivity index (χ3n) is 4.85. The molecule has 0 unspecified atom stereocenters. The van der Waals surface area contributed by atoms with Crippen LogP contribution in [-0.2, 0) is 10.0 Å². The summed E-state index contributed by atoms with van der Waals surface area (Å²) in [6, 6.07) is 10.6. The van der Waals surface area contributed by atoms with E-state index in [0.717, 1.165) is 37.2 Å². The standard InChI is InChI=1S/C20H26N2O4S/c1-15-7-8-16(22-11-5-4-6-12-22)13-18(15)21-27(23,24)20-10-9-17(25-2)14-19(20)26-3/h7-10,13-14,21H,4-6,11-12H2,1-3H3. The van der Waals surface area contributed by atoms with E-state index >= 15 is 0 Å². The Kier molecular flexibility index (Phi) is 5.79. The van der Waals surface area contributed by atoms with Crippen molar-refractivity contribution in [3.05, 3.63) is 42.0 Å². The van der Waals surface area contributed by atoms with Crippen molar-refractivity contribution in [1.82, 2.24) is 0 Å². The third-order valence-corrected chi connectivity index (χ3v) is 6.25. The van der Waals surface area contributed by atoms with Crippen LogP contribution < -0.4 is 19.1 Å². The van der Waals surface area contributed by atoms with Gasteiger partial charge in [-0.2, -0.15) is 0 Å². The van der Waals surface area contributed by atoms with Crippen LogP contribution in [0.2, 0.25) is 0 Å². The fourth-order valence-corrected chi connectivity index (χ4v) is 4.54. The van der Waals surface area contributed by atoms with Crippen LogP contribution in [0.25, 0.3) is 0 Å². The highest BCUT2D eigenvalue weighted by molar-refractivity contribution is 7.92. The van der Waals surface area contributed by atoms with Gasteiger partial charge in [-0.1, -0.05) is 6.07 Å². The van der Waals surface area contributed by atoms with E-state index in [1.54, 1.807) is 12.1 Å². The molecule has 7 heteroatoms.